The number of rotatable bonds is 5. The summed E-state index contributed by atoms with van der Waals surface area (Å²) in [6.07, 6.45) is 0.746. The van der Waals surface area contributed by atoms with E-state index in [4.69, 9.17) is 0 Å². The largest absolute Gasteiger partial charge is 0.326 e. The third kappa shape index (κ3) is 4.19. The van der Waals surface area contributed by atoms with Gasteiger partial charge in [-0.2, -0.15) is 0 Å². The lowest BCUT2D eigenvalue weighted by Crippen LogP contribution is -2.16. The van der Waals surface area contributed by atoms with Gasteiger partial charge in [-0.05, 0) is 30.2 Å². The van der Waals surface area contributed by atoms with Gasteiger partial charge in [-0.1, -0.05) is 43.3 Å². The number of hydrogen-bond donors (Lipinski definition) is 2. The fraction of sp³-hybridized carbons (Fsp3) is 0.222. The highest BCUT2D eigenvalue weighted by Crippen LogP contribution is 2.23. The summed E-state index contributed by atoms with van der Waals surface area (Å²) in [6.45, 7) is 3.68. The quantitative estimate of drug-likeness (QED) is 0.887. The van der Waals surface area contributed by atoms with E-state index in [0.29, 0.717) is 12.8 Å². The van der Waals surface area contributed by atoms with Crippen LogP contribution in [0.15, 0.2) is 48.5 Å². The van der Waals surface area contributed by atoms with Crippen molar-refractivity contribution in [2.24, 2.45) is 0 Å². The van der Waals surface area contributed by atoms with Gasteiger partial charge in [-0.25, -0.2) is 0 Å². The first-order valence-electron chi connectivity index (χ1n) is 7.33. The molecule has 4 heteroatoms. The minimum Gasteiger partial charge on any atom is -0.326 e. The maximum absolute atomic E-state index is 12.1. The van der Waals surface area contributed by atoms with Gasteiger partial charge in [0.1, 0.15) is 0 Å². The Balaban J connectivity index is 2.08. The summed E-state index contributed by atoms with van der Waals surface area (Å²) in [5.41, 5.74) is 3.26. The normalized spacial score (nSPS) is 10.1. The second-order valence-corrected chi connectivity index (χ2v) is 5.09. The van der Waals surface area contributed by atoms with Gasteiger partial charge in [0.05, 0.1) is 6.42 Å². The van der Waals surface area contributed by atoms with E-state index in [1.807, 2.05) is 55.5 Å². The van der Waals surface area contributed by atoms with Gasteiger partial charge in [0, 0.05) is 17.8 Å². The minimum absolute atomic E-state index is 0.0455. The Labute approximate surface area is 130 Å². The van der Waals surface area contributed by atoms with Crippen LogP contribution < -0.4 is 10.6 Å². The zero-order chi connectivity index (χ0) is 15.9. The smallest absolute Gasteiger partial charge is 0.228 e. The summed E-state index contributed by atoms with van der Waals surface area (Å²) in [5, 5.41) is 5.73. The second kappa shape index (κ2) is 7.41. The zero-order valence-electron chi connectivity index (χ0n) is 12.8. The molecule has 0 saturated carbocycles. The lowest BCUT2D eigenvalue weighted by Gasteiger charge is -2.13. The van der Waals surface area contributed by atoms with Crippen LogP contribution in [0.25, 0.3) is 0 Å². The molecular weight excluding hydrogens is 276 g/mol. The molecule has 2 aromatic rings. The third-order valence-corrected chi connectivity index (χ3v) is 3.41. The topological polar surface area (TPSA) is 58.2 Å². The van der Waals surface area contributed by atoms with Crippen LogP contribution in [0.3, 0.4) is 0 Å². The molecule has 22 heavy (non-hydrogen) atoms. The standard InChI is InChI=1S/C18H20N2O2/c1-3-17(21)19-15-10-7-11-16(13(15)2)20-18(22)12-14-8-5-4-6-9-14/h4-11H,3,12H2,1-2H3,(H,19,21)(H,20,22). The summed E-state index contributed by atoms with van der Waals surface area (Å²) in [7, 11) is 0. The molecular formula is C18H20N2O2. The van der Waals surface area contributed by atoms with E-state index in [-0.39, 0.29) is 11.8 Å². The number of anilines is 2. The molecule has 0 aliphatic heterocycles. The molecule has 2 N–H and O–H groups in total. The van der Waals surface area contributed by atoms with Crippen LogP contribution in [0, 0.1) is 6.92 Å². The van der Waals surface area contributed by atoms with E-state index in [2.05, 4.69) is 10.6 Å². The maximum atomic E-state index is 12.1. The number of carbonyl (C=O) groups is 2. The van der Waals surface area contributed by atoms with Crippen molar-refractivity contribution in [2.45, 2.75) is 26.7 Å². The number of nitrogens with one attached hydrogen (secondary N) is 2. The van der Waals surface area contributed by atoms with E-state index in [1.165, 1.54) is 0 Å². The molecule has 0 saturated heterocycles. The lowest BCUT2D eigenvalue weighted by atomic mass is 10.1. The highest BCUT2D eigenvalue weighted by Gasteiger charge is 2.09. The summed E-state index contributed by atoms with van der Waals surface area (Å²) in [4.78, 5) is 23.6. The number of amides is 2. The molecule has 0 fully saturated rings. The summed E-state index contributed by atoms with van der Waals surface area (Å²) in [6, 6.07) is 15.1. The molecule has 0 radical (unpaired) electrons. The molecule has 4 nitrogen and oxygen atoms in total. The van der Waals surface area contributed by atoms with Gasteiger partial charge >= 0.3 is 0 Å². The molecule has 2 aromatic carbocycles. The summed E-state index contributed by atoms with van der Waals surface area (Å²) >= 11 is 0. The number of hydrogen-bond acceptors (Lipinski definition) is 2. The van der Waals surface area contributed by atoms with Crippen LogP contribution in [-0.4, -0.2) is 11.8 Å². The van der Waals surface area contributed by atoms with Crippen molar-refractivity contribution in [3.8, 4) is 0 Å². The number of carbonyl (C=O) groups excluding carboxylic acids is 2. The lowest BCUT2D eigenvalue weighted by molar-refractivity contribution is -0.116. The van der Waals surface area contributed by atoms with Crippen molar-refractivity contribution in [3.05, 3.63) is 59.7 Å². The maximum Gasteiger partial charge on any atom is 0.228 e. The molecule has 0 aromatic heterocycles. The highest BCUT2D eigenvalue weighted by atomic mass is 16.2. The number of benzene rings is 2. The van der Waals surface area contributed by atoms with E-state index in [0.717, 1.165) is 22.5 Å². The fourth-order valence-electron chi connectivity index (χ4n) is 2.12. The van der Waals surface area contributed by atoms with Crippen molar-refractivity contribution in [3.63, 3.8) is 0 Å². The van der Waals surface area contributed by atoms with Gasteiger partial charge in [0.2, 0.25) is 11.8 Å². The van der Waals surface area contributed by atoms with Crippen LogP contribution in [-0.2, 0) is 16.0 Å². The molecule has 2 rings (SSSR count). The zero-order valence-corrected chi connectivity index (χ0v) is 12.8. The molecule has 0 bridgehead atoms. The van der Waals surface area contributed by atoms with Gasteiger partial charge < -0.3 is 10.6 Å². The van der Waals surface area contributed by atoms with Crippen molar-refractivity contribution in [1.29, 1.82) is 0 Å². The van der Waals surface area contributed by atoms with Crippen molar-refractivity contribution >= 4 is 23.2 Å². The molecule has 114 valence electrons. The first-order valence-corrected chi connectivity index (χ1v) is 7.33. The van der Waals surface area contributed by atoms with Gasteiger partial charge in [0.15, 0.2) is 0 Å². The predicted octanol–water partition coefficient (Wildman–Crippen LogP) is 3.52. The van der Waals surface area contributed by atoms with Crippen molar-refractivity contribution < 1.29 is 9.59 Å². The molecule has 0 aliphatic rings. The molecule has 2 amide bonds. The van der Waals surface area contributed by atoms with Crippen LogP contribution in [0.2, 0.25) is 0 Å². The molecule has 0 aliphatic carbocycles. The van der Waals surface area contributed by atoms with Crippen LogP contribution in [0.1, 0.15) is 24.5 Å². The Morgan fingerprint density at radius 2 is 1.45 bits per heavy atom. The summed E-state index contributed by atoms with van der Waals surface area (Å²) < 4.78 is 0. The Morgan fingerprint density at radius 3 is 2.05 bits per heavy atom. The van der Waals surface area contributed by atoms with Crippen molar-refractivity contribution in [2.75, 3.05) is 10.6 Å². The second-order valence-electron chi connectivity index (χ2n) is 5.09. The SMILES string of the molecule is CCC(=O)Nc1cccc(NC(=O)Cc2ccccc2)c1C. The van der Waals surface area contributed by atoms with Gasteiger partial charge in [-0.3, -0.25) is 9.59 Å². The Kier molecular flexibility index (Phi) is 5.31. The Hall–Kier alpha value is -2.62. The monoisotopic (exact) mass is 296 g/mol. The average Bonchev–Trinajstić information content (AvgIpc) is 2.52. The minimum atomic E-state index is -0.0757. The van der Waals surface area contributed by atoms with E-state index in [1.54, 1.807) is 6.92 Å². The molecule has 0 atom stereocenters. The van der Waals surface area contributed by atoms with E-state index in [9.17, 15) is 9.59 Å². The molecule has 0 spiro atoms. The van der Waals surface area contributed by atoms with Gasteiger partial charge in [-0.15, -0.1) is 0 Å². The molecule has 0 heterocycles. The van der Waals surface area contributed by atoms with Crippen molar-refractivity contribution in [1.82, 2.24) is 0 Å². The first-order chi connectivity index (χ1) is 10.6. The Morgan fingerprint density at radius 1 is 0.864 bits per heavy atom. The first kappa shape index (κ1) is 15.8. The van der Waals surface area contributed by atoms with Crippen LogP contribution in [0.5, 0.6) is 0 Å². The highest BCUT2D eigenvalue weighted by molar-refractivity contribution is 5.96. The predicted molar refractivity (Wildman–Crippen MR) is 88.9 cm³/mol. The summed E-state index contributed by atoms with van der Waals surface area (Å²) in [5.74, 6) is -0.121. The van der Waals surface area contributed by atoms with E-state index >= 15 is 0 Å². The third-order valence-electron chi connectivity index (χ3n) is 3.41. The van der Waals surface area contributed by atoms with Crippen LogP contribution in [0.4, 0.5) is 11.4 Å². The van der Waals surface area contributed by atoms with E-state index < -0.39 is 0 Å². The van der Waals surface area contributed by atoms with Crippen LogP contribution >= 0.6 is 0 Å². The average molecular weight is 296 g/mol. The Bertz CT molecular complexity index is 666. The van der Waals surface area contributed by atoms with Gasteiger partial charge in [0.25, 0.3) is 0 Å². The fourth-order valence-corrected chi connectivity index (χ4v) is 2.12. The molecule has 0 unspecified atom stereocenters.